The lowest BCUT2D eigenvalue weighted by atomic mass is 10.2. The molecule has 1 unspecified atom stereocenters. The number of nitrogens with one attached hydrogen (secondary N) is 1. The van der Waals surface area contributed by atoms with Crippen molar-refractivity contribution in [1.82, 2.24) is 19.8 Å². The number of likely N-dealkylation sites (N-methyl/N-ethyl adjacent to an activating group) is 1. The number of fused-ring (bicyclic) bond motifs is 1. The molecule has 0 aromatic carbocycles. The summed E-state index contributed by atoms with van der Waals surface area (Å²) in [5, 5.41) is 12.5. The lowest BCUT2D eigenvalue weighted by Gasteiger charge is -2.31. The van der Waals surface area contributed by atoms with E-state index in [2.05, 4.69) is 26.7 Å². The Labute approximate surface area is 102 Å². The van der Waals surface area contributed by atoms with Gasteiger partial charge >= 0.3 is 0 Å². The molecule has 1 aromatic rings. The zero-order chi connectivity index (χ0) is 12.1. The van der Waals surface area contributed by atoms with Crippen molar-refractivity contribution < 1.29 is 5.11 Å². The summed E-state index contributed by atoms with van der Waals surface area (Å²) in [5.41, 5.74) is 0. The van der Waals surface area contributed by atoms with Gasteiger partial charge in [-0.3, -0.25) is 4.90 Å². The van der Waals surface area contributed by atoms with Gasteiger partial charge < -0.3 is 15.0 Å². The third-order valence-electron chi connectivity index (χ3n) is 3.27. The van der Waals surface area contributed by atoms with Crippen LogP contribution in [-0.2, 0) is 13.1 Å². The molecule has 2 rings (SSSR count). The molecule has 2 heterocycles. The SMILES string of the molecule is CCNC(CCO)CN1CCn2ccnc2C1. The Kier molecular flexibility index (Phi) is 4.53. The Morgan fingerprint density at radius 1 is 1.53 bits per heavy atom. The Morgan fingerprint density at radius 2 is 2.41 bits per heavy atom. The average molecular weight is 238 g/mol. The summed E-state index contributed by atoms with van der Waals surface area (Å²) in [7, 11) is 0. The highest BCUT2D eigenvalue weighted by atomic mass is 16.3. The van der Waals surface area contributed by atoms with Crippen LogP contribution in [0.5, 0.6) is 0 Å². The van der Waals surface area contributed by atoms with Crippen molar-refractivity contribution in [2.24, 2.45) is 0 Å². The van der Waals surface area contributed by atoms with Crippen molar-refractivity contribution in [2.75, 3.05) is 26.2 Å². The van der Waals surface area contributed by atoms with Crippen LogP contribution in [-0.4, -0.2) is 51.8 Å². The molecule has 0 spiro atoms. The van der Waals surface area contributed by atoms with E-state index in [0.717, 1.165) is 45.0 Å². The number of aromatic nitrogens is 2. The van der Waals surface area contributed by atoms with Crippen LogP contribution in [0.4, 0.5) is 0 Å². The van der Waals surface area contributed by atoms with Crippen molar-refractivity contribution in [3.05, 3.63) is 18.2 Å². The van der Waals surface area contributed by atoms with E-state index in [1.807, 2.05) is 12.4 Å². The topological polar surface area (TPSA) is 53.3 Å². The molecule has 0 radical (unpaired) electrons. The monoisotopic (exact) mass is 238 g/mol. The van der Waals surface area contributed by atoms with Crippen LogP contribution in [0.15, 0.2) is 12.4 Å². The zero-order valence-corrected chi connectivity index (χ0v) is 10.5. The first-order chi connectivity index (χ1) is 8.33. The normalized spacial score (nSPS) is 18.0. The molecule has 0 bridgehead atoms. The molecule has 0 saturated heterocycles. The molecule has 0 amide bonds. The lowest BCUT2D eigenvalue weighted by molar-refractivity contribution is 0.177. The fourth-order valence-electron chi connectivity index (χ4n) is 2.39. The highest BCUT2D eigenvalue weighted by Crippen LogP contribution is 2.11. The molecule has 1 aliphatic rings. The first-order valence-corrected chi connectivity index (χ1v) is 6.40. The summed E-state index contributed by atoms with van der Waals surface area (Å²) in [6.45, 7) is 7.30. The van der Waals surface area contributed by atoms with Gasteiger partial charge in [0.05, 0.1) is 6.54 Å². The molecule has 0 fully saturated rings. The fourth-order valence-corrected chi connectivity index (χ4v) is 2.39. The summed E-state index contributed by atoms with van der Waals surface area (Å²) in [6, 6.07) is 0.381. The molecular weight excluding hydrogens is 216 g/mol. The molecule has 0 aliphatic carbocycles. The van der Waals surface area contributed by atoms with Crippen molar-refractivity contribution in [3.63, 3.8) is 0 Å². The Hall–Kier alpha value is -0.910. The van der Waals surface area contributed by atoms with Gasteiger partial charge in [0.1, 0.15) is 5.82 Å². The quantitative estimate of drug-likeness (QED) is 0.736. The maximum Gasteiger partial charge on any atom is 0.122 e. The minimum Gasteiger partial charge on any atom is -0.396 e. The second kappa shape index (κ2) is 6.14. The Balaban J connectivity index is 1.87. The smallest absolute Gasteiger partial charge is 0.122 e. The van der Waals surface area contributed by atoms with E-state index in [1.54, 1.807) is 0 Å². The summed E-state index contributed by atoms with van der Waals surface area (Å²) < 4.78 is 2.21. The summed E-state index contributed by atoms with van der Waals surface area (Å²) in [4.78, 5) is 6.77. The summed E-state index contributed by atoms with van der Waals surface area (Å²) in [5.74, 6) is 1.15. The zero-order valence-electron chi connectivity index (χ0n) is 10.5. The number of rotatable bonds is 6. The van der Waals surface area contributed by atoms with Gasteiger partial charge in [-0.2, -0.15) is 0 Å². The number of aliphatic hydroxyl groups excluding tert-OH is 1. The van der Waals surface area contributed by atoms with Gasteiger partial charge in [0.15, 0.2) is 0 Å². The molecule has 1 aliphatic heterocycles. The van der Waals surface area contributed by atoms with Crippen LogP contribution in [0.1, 0.15) is 19.2 Å². The van der Waals surface area contributed by atoms with E-state index in [4.69, 9.17) is 5.11 Å². The predicted octanol–water partition coefficient (Wildman–Crippen LogP) is 0.0592. The number of imidazole rings is 1. The highest BCUT2D eigenvalue weighted by molar-refractivity contribution is 4.95. The third-order valence-corrected chi connectivity index (χ3v) is 3.27. The summed E-state index contributed by atoms with van der Waals surface area (Å²) in [6.07, 6.45) is 4.73. The van der Waals surface area contributed by atoms with Gasteiger partial charge in [0.25, 0.3) is 0 Å². The van der Waals surface area contributed by atoms with Crippen LogP contribution in [0.2, 0.25) is 0 Å². The van der Waals surface area contributed by atoms with Gasteiger partial charge in [0, 0.05) is 44.7 Å². The molecule has 2 N–H and O–H groups in total. The largest absolute Gasteiger partial charge is 0.396 e. The van der Waals surface area contributed by atoms with E-state index in [1.165, 1.54) is 0 Å². The predicted molar refractivity (Wildman–Crippen MR) is 66.7 cm³/mol. The molecule has 96 valence electrons. The van der Waals surface area contributed by atoms with Crippen LogP contribution in [0.25, 0.3) is 0 Å². The van der Waals surface area contributed by atoms with E-state index in [9.17, 15) is 0 Å². The van der Waals surface area contributed by atoms with Crippen molar-refractivity contribution in [2.45, 2.75) is 32.5 Å². The number of nitrogens with zero attached hydrogens (tertiary/aromatic N) is 3. The third kappa shape index (κ3) is 3.28. The van der Waals surface area contributed by atoms with Crippen molar-refractivity contribution >= 4 is 0 Å². The number of hydrogen-bond acceptors (Lipinski definition) is 4. The van der Waals surface area contributed by atoms with Crippen molar-refractivity contribution in [1.29, 1.82) is 0 Å². The van der Waals surface area contributed by atoms with E-state index >= 15 is 0 Å². The second-order valence-electron chi connectivity index (χ2n) is 4.54. The van der Waals surface area contributed by atoms with E-state index < -0.39 is 0 Å². The van der Waals surface area contributed by atoms with Gasteiger partial charge in [0.2, 0.25) is 0 Å². The van der Waals surface area contributed by atoms with Gasteiger partial charge in [-0.05, 0) is 13.0 Å². The molecule has 1 aromatic heterocycles. The summed E-state index contributed by atoms with van der Waals surface area (Å²) >= 11 is 0. The van der Waals surface area contributed by atoms with Crippen molar-refractivity contribution in [3.8, 4) is 0 Å². The van der Waals surface area contributed by atoms with Crippen LogP contribution in [0.3, 0.4) is 0 Å². The van der Waals surface area contributed by atoms with Crippen LogP contribution < -0.4 is 5.32 Å². The second-order valence-corrected chi connectivity index (χ2v) is 4.54. The fraction of sp³-hybridized carbons (Fsp3) is 0.750. The minimum atomic E-state index is 0.250. The molecular formula is C12H22N4O. The maximum absolute atomic E-state index is 9.04. The van der Waals surface area contributed by atoms with E-state index in [0.29, 0.717) is 6.04 Å². The first-order valence-electron chi connectivity index (χ1n) is 6.40. The standard InChI is InChI=1S/C12H22N4O/c1-2-13-11(3-8-17)9-15-6-7-16-5-4-14-12(16)10-15/h4-5,11,13,17H,2-3,6-10H2,1H3. The maximum atomic E-state index is 9.04. The molecule has 1 atom stereocenters. The van der Waals surface area contributed by atoms with Crippen LogP contribution in [0, 0.1) is 0 Å². The Bertz CT molecular complexity index is 333. The van der Waals surface area contributed by atoms with Gasteiger partial charge in [-0.25, -0.2) is 4.98 Å². The van der Waals surface area contributed by atoms with Crippen LogP contribution >= 0.6 is 0 Å². The average Bonchev–Trinajstić information content (AvgIpc) is 2.77. The molecule has 17 heavy (non-hydrogen) atoms. The molecule has 0 saturated carbocycles. The Morgan fingerprint density at radius 3 is 3.18 bits per heavy atom. The van der Waals surface area contributed by atoms with E-state index in [-0.39, 0.29) is 6.61 Å². The molecule has 5 nitrogen and oxygen atoms in total. The van der Waals surface area contributed by atoms with Gasteiger partial charge in [-0.1, -0.05) is 6.92 Å². The van der Waals surface area contributed by atoms with Gasteiger partial charge in [-0.15, -0.1) is 0 Å². The first kappa shape index (κ1) is 12.5. The lowest BCUT2D eigenvalue weighted by Crippen LogP contribution is -2.44. The highest BCUT2D eigenvalue weighted by Gasteiger charge is 2.19. The minimum absolute atomic E-state index is 0.250. The number of hydrogen-bond donors (Lipinski definition) is 2. The number of aliphatic hydroxyl groups is 1. The molecule has 5 heteroatoms.